The molecule has 58 heavy (non-hydrogen) atoms. The molecule has 0 spiro atoms. The number of benzene rings is 4. The summed E-state index contributed by atoms with van der Waals surface area (Å²) in [5.74, 6) is -3.13. The Kier molecular flexibility index (Phi) is 11.6. The SMILES string of the molecule is CNC(=O)c1cnc2ccc(-c3ccc(C(=O)NCCCCCC(=O)COc4cccc5c4C(=O)N(C4CCC(=O)NC4=O)C5=O)cc3)cc2c1Nc1ccccc1. The average Bonchev–Trinajstić information content (AvgIpc) is 3.50. The quantitative estimate of drug-likeness (QED) is 0.0796. The Labute approximate surface area is 333 Å². The van der Waals surface area contributed by atoms with Crippen molar-refractivity contribution >= 4 is 63.5 Å². The largest absolute Gasteiger partial charge is 0.485 e. The smallest absolute Gasteiger partial charge is 0.266 e. The van der Waals surface area contributed by atoms with Crippen LogP contribution in [-0.4, -0.2) is 77.4 Å². The first-order valence-electron chi connectivity index (χ1n) is 19.0. The second-order valence-corrected chi connectivity index (χ2v) is 13.9. The predicted octanol–water partition coefficient (Wildman–Crippen LogP) is 5.34. The lowest BCUT2D eigenvalue weighted by atomic mass is 9.99. The van der Waals surface area contributed by atoms with E-state index in [4.69, 9.17) is 4.74 Å². The van der Waals surface area contributed by atoms with Crippen LogP contribution in [0.4, 0.5) is 11.4 Å². The maximum absolute atomic E-state index is 13.2. The van der Waals surface area contributed by atoms with Gasteiger partial charge in [0.1, 0.15) is 18.4 Å². The number of rotatable bonds is 15. The van der Waals surface area contributed by atoms with Gasteiger partial charge in [0.2, 0.25) is 11.8 Å². The minimum atomic E-state index is -1.10. The van der Waals surface area contributed by atoms with Crippen molar-refractivity contribution in [1.82, 2.24) is 25.8 Å². The lowest BCUT2D eigenvalue weighted by Crippen LogP contribution is -2.54. The van der Waals surface area contributed by atoms with Crippen molar-refractivity contribution in [3.05, 3.63) is 119 Å². The third-order valence-corrected chi connectivity index (χ3v) is 10.1. The highest BCUT2D eigenvalue weighted by molar-refractivity contribution is 6.24. The Morgan fingerprint density at radius 2 is 1.62 bits per heavy atom. The van der Waals surface area contributed by atoms with Gasteiger partial charge >= 0.3 is 0 Å². The summed E-state index contributed by atoms with van der Waals surface area (Å²) in [4.78, 5) is 93.9. The number of carbonyl (C=O) groups excluding carboxylic acids is 7. The number of aromatic nitrogens is 1. The maximum Gasteiger partial charge on any atom is 0.266 e. The lowest BCUT2D eigenvalue weighted by Gasteiger charge is -2.27. The van der Waals surface area contributed by atoms with Gasteiger partial charge in [0.15, 0.2) is 5.78 Å². The number of nitrogens with zero attached hydrogens (tertiary/aromatic N) is 2. The second kappa shape index (κ2) is 17.3. The van der Waals surface area contributed by atoms with Crippen molar-refractivity contribution in [2.75, 3.05) is 25.5 Å². The highest BCUT2D eigenvalue weighted by Crippen LogP contribution is 2.35. The number of pyridine rings is 1. The molecule has 6 amide bonds. The summed E-state index contributed by atoms with van der Waals surface area (Å²) in [6, 6.07) is 26.0. The van der Waals surface area contributed by atoms with Gasteiger partial charge in [-0.05, 0) is 78.9 Å². The molecule has 0 radical (unpaired) electrons. The molecule has 14 nitrogen and oxygen atoms in total. The fourth-order valence-electron chi connectivity index (χ4n) is 7.06. The van der Waals surface area contributed by atoms with E-state index >= 15 is 0 Å². The maximum atomic E-state index is 13.2. The first-order valence-corrected chi connectivity index (χ1v) is 19.0. The van der Waals surface area contributed by atoms with Gasteiger partial charge in [-0.25, -0.2) is 0 Å². The molecule has 2 aliphatic rings. The highest BCUT2D eigenvalue weighted by Gasteiger charge is 2.46. The van der Waals surface area contributed by atoms with Gasteiger partial charge in [0.25, 0.3) is 23.6 Å². The Morgan fingerprint density at radius 1 is 0.845 bits per heavy atom. The van der Waals surface area contributed by atoms with Gasteiger partial charge in [-0.1, -0.05) is 48.9 Å². The van der Waals surface area contributed by atoms with Crippen LogP contribution in [0.25, 0.3) is 22.0 Å². The van der Waals surface area contributed by atoms with Crippen LogP contribution in [0.2, 0.25) is 0 Å². The molecule has 0 saturated carbocycles. The highest BCUT2D eigenvalue weighted by atomic mass is 16.5. The molecule has 1 saturated heterocycles. The number of fused-ring (bicyclic) bond motifs is 2. The number of anilines is 2. The van der Waals surface area contributed by atoms with Gasteiger partial charge in [-0.2, -0.15) is 0 Å². The molecule has 4 aromatic carbocycles. The van der Waals surface area contributed by atoms with Crippen molar-refractivity contribution in [1.29, 1.82) is 0 Å². The summed E-state index contributed by atoms with van der Waals surface area (Å²) in [6.07, 6.45) is 3.72. The van der Waals surface area contributed by atoms with Crippen LogP contribution in [0.3, 0.4) is 0 Å². The van der Waals surface area contributed by atoms with Crippen LogP contribution in [0.15, 0.2) is 97.2 Å². The molecule has 14 heteroatoms. The summed E-state index contributed by atoms with van der Waals surface area (Å²) in [5.41, 5.74) is 4.93. The van der Waals surface area contributed by atoms with E-state index in [9.17, 15) is 33.6 Å². The average molecular weight is 781 g/mol. The van der Waals surface area contributed by atoms with Crippen molar-refractivity contribution in [2.24, 2.45) is 0 Å². The van der Waals surface area contributed by atoms with Crippen molar-refractivity contribution in [3.63, 3.8) is 0 Å². The number of nitrogens with one attached hydrogen (secondary N) is 4. The van der Waals surface area contributed by atoms with Crippen LogP contribution in [0.1, 0.15) is 80.0 Å². The predicted molar refractivity (Wildman–Crippen MR) is 215 cm³/mol. The zero-order valence-electron chi connectivity index (χ0n) is 31.6. The number of Topliss-reactive ketones (excluding diaryl/α,β-unsaturated/α-hetero) is 1. The van der Waals surface area contributed by atoms with Gasteiger partial charge < -0.3 is 20.7 Å². The summed E-state index contributed by atoms with van der Waals surface area (Å²) in [6.45, 7) is 0.117. The molecular weight excluding hydrogens is 741 g/mol. The first kappa shape index (κ1) is 39.0. The molecular formula is C44H40N6O8. The van der Waals surface area contributed by atoms with Crippen LogP contribution in [-0.2, 0) is 14.4 Å². The Bertz CT molecular complexity index is 2450. The van der Waals surface area contributed by atoms with E-state index in [1.165, 1.54) is 18.2 Å². The first-order chi connectivity index (χ1) is 28.1. The molecule has 3 heterocycles. The number of hydrogen-bond donors (Lipinski definition) is 4. The van der Waals surface area contributed by atoms with Crippen LogP contribution < -0.4 is 26.0 Å². The standard InChI is InChI=1S/C44H40N6O8/c1-45-41(54)33-24-47-34-19-18-28(23-32(34)39(33)48-29-9-4-2-5-10-29)26-14-16-27(17-15-26)40(53)46-22-7-3-6-11-30(51)25-58-36-13-8-12-31-38(36)44(57)50(43(31)56)35-20-21-37(52)49-42(35)55/h2,4-5,8-10,12-19,23-24,35H,3,6-7,11,20-22,25H2,1H3,(H,45,54)(H,46,53)(H,47,48)(H,49,52,55). The van der Waals surface area contributed by atoms with Gasteiger partial charge in [0, 0.05) is 49.3 Å². The number of para-hydroxylation sites is 1. The summed E-state index contributed by atoms with van der Waals surface area (Å²) >= 11 is 0. The molecule has 5 aromatic rings. The minimum Gasteiger partial charge on any atom is -0.485 e. The van der Waals surface area contributed by atoms with Crippen molar-refractivity contribution < 1.29 is 38.3 Å². The third-order valence-electron chi connectivity index (χ3n) is 10.1. The second-order valence-electron chi connectivity index (χ2n) is 13.9. The third kappa shape index (κ3) is 8.31. The number of ketones is 1. The summed E-state index contributed by atoms with van der Waals surface area (Å²) in [5, 5.41) is 11.9. The number of ether oxygens (including phenoxy) is 1. The molecule has 1 unspecified atom stereocenters. The molecule has 4 N–H and O–H groups in total. The number of amides is 6. The Balaban J connectivity index is 0.879. The topological polar surface area (TPSA) is 193 Å². The molecule has 1 fully saturated rings. The Morgan fingerprint density at radius 3 is 2.38 bits per heavy atom. The molecule has 2 aliphatic heterocycles. The fourth-order valence-corrected chi connectivity index (χ4v) is 7.06. The van der Waals surface area contributed by atoms with Gasteiger partial charge in [0.05, 0.1) is 27.9 Å². The van der Waals surface area contributed by atoms with Crippen LogP contribution in [0.5, 0.6) is 5.75 Å². The van der Waals surface area contributed by atoms with E-state index < -0.39 is 29.7 Å². The van der Waals surface area contributed by atoms with Gasteiger partial charge in [-0.3, -0.25) is 48.8 Å². The van der Waals surface area contributed by atoms with Crippen LogP contribution >= 0.6 is 0 Å². The lowest BCUT2D eigenvalue weighted by molar-refractivity contribution is -0.136. The van der Waals surface area contributed by atoms with Crippen LogP contribution in [0, 0.1) is 0 Å². The molecule has 294 valence electrons. The van der Waals surface area contributed by atoms with Crippen molar-refractivity contribution in [3.8, 4) is 16.9 Å². The fraction of sp³-hybridized carbons (Fsp3) is 0.227. The van der Waals surface area contributed by atoms with E-state index in [2.05, 4.69) is 26.3 Å². The molecule has 1 aromatic heterocycles. The zero-order valence-corrected chi connectivity index (χ0v) is 31.6. The van der Waals surface area contributed by atoms with E-state index in [1.54, 1.807) is 25.4 Å². The van der Waals surface area contributed by atoms with E-state index in [0.29, 0.717) is 42.6 Å². The number of imide groups is 2. The molecule has 7 rings (SSSR count). The molecule has 0 aliphatic carbocycles. The van der Waals surface area contributed by atoms with E-state index in [-0.39, 0.29) is 60.3 Å². The number of carbonyl (C=O) groups is 7. The minimum absolute atomic E-state index is 0.00867. The normalized spacial score (nSPS) is 14.8. The zero-order chi connectivity index (χ0) is 40.8. The number of hydrogen-bond acceptors (Lipinski definition) is 10. The summed E-state index contributed by atoms with van der Waals surface area (Å²) in [7, 11) is 1.58. The van der Waals surface area contributed by atoms with Gasteiger partial charge in [-0.15, -0.1) is 0 Å². The van der Waals surface area contributed by atoms with E-state index in [0.717, 1.165) is 32.6 Å². The molecule has 0 bridgehead atoms. The Hall–Kier alpha value is -7.22. The van der Waals surface area contributed by atoms with E-state index in [1.807, 2.05) is 60.7 Å². The number of piperidine rings is 1. The summed E-state index contributed by atoms with van der Waals surface area (Å²) < 4.78 is 5.69. The van der Waals surface area contributed by atoms with Crippen molar-refractivity contribution in [2.45, 2.75) is 44.6 Å². The molecule has 1 atom stereocenters. The number of unbranched alkanes of at least 4 members (excludes halogenated alkanes) is 2. The monoisotopic (exact) mass is 780 g/mol.